The van der Waals surface area contributed by atoms with Gasteiger partial charge in [-0.15, -0.1) is 0 Å². The maximum absolute atomic E-state index is 13.2. The number of aliphatic hydroxyl groups is 1. The Hall–Kier alpha value is -3.38. The Bertz CT molecular complexity index is 1160. The predicted molar refractivity (Wildman–Crippen MR) is 124 cm³/mol. The van der Waals surface area contributed by atoms with Gasteiger partial charge in [-0.25, -0.2) is 4.79 Å². The lowest BCUT2D eigenvalue weighted by atomic mass is 9.90. The predicted octanol–water partition coefficient (Wildman–Crippen LogP) is 4.17. The highest BCUT2D eigenvalue weighted by molar-refractivity contribution is 6.07. The number of fused-ring (bicyclic) bond motifs is 1. The minimum Gasteiger partial charge on any atom is -0.491 e. The van der Waals surface area contributed by atoms with E-state index in [2.05, 4.69) is 19.2 Å². The van der Waals surface area contributed by atoms with E-state index < -0.39 is 17.7 Å². The van der Waals surface area contributed by atoms with Crippen LogP contribution in [0.25, 0.3) is 10.8 Å². The van der Waals surface area contributed by atoms with Crippen molar-refractivity contribution in [2.75, 3.05) is 13.2 Å². The monoisotopic (exact) mass is 432 g/mol. The molecule has 2 N–H and O–H groups in total. The van der Waals surface area contributed by atoms with E-state index in [0.29, 0.717) is 11.3 Å². The van der Waals surface area contributed by atoms with Gasteiger partial charge in [0, 0.05) is 0 Å². The summed E-state index contributed by atoms with van der Waals surface area (Å²) in [6.45, 7) is 5.67. The minimum absolute atomic E-state index is 0.0204. The van der Waals surface area contributed by atoms with Crippen LogP contribution in [0.4, 0.5) is 4.79 Å². The van der Waals surface area contributed by atoms with E-state index in [1.165, 1.54) is 0 Å². The van der Waals surface area contributed by atoms with Crippen LogP contribution in [-0.2, 0) is 10.3 Å². The van der Waals surface area contributed by atoms with E-state index in [9.17, 15) is 14.7 Å². The molecule has 1 aliphatic heterocycles. The Kier molecular flexibility index (Phi) is 5.89. The molecule has 166 valence electrons. The quantitative estimate of drug-likeness (QED) is 0.549. The van der Waals surface area contributed by atoms with Crippen LogP contribution in [-0.4, -0.2) is 41.2 Å². The molecule has 2 unspecified atom stereocenters. The molecule has 2 atom stereocenters. The summed E-state index contributed by atoms with van der Waals surface area (Å²) < 4.78 is 5.81. The van der Waals surface area contributed by atoms with Crippen molar-refractivity contribution < 1.29 is 19.4 Å². The number of aliphatic hydroxyl groups excluding tert-OH is 1. The van der Waals surface area contributed by atoms with Crippen LogP contribution in [0.3, 0.4) is 0 Å². The molecule has 6 heteroatoms. The Labute approximate surface area is 187 Å². The summed E-state index contributed by atoms with van der Waals surface area (Å²) in [6, 6.07) is 20.7. The van der Waals surface area contributed by atoms with Crippen molar-refractivity contribution in [2.45, 2.75) is 38.3 Å². The normalized spacial score (nSPS) is 19.5. The highest BCUT2D eigenvalue weighted by Gasteiger charge is 2.49. The van der Waals surface area contributed by atoms with E-state index in [1.54, 1.807) is 6.92 Å². The molecule has 1 saturated heterocycles. The first kappa shape index (κ1) is 21.8. The standard InChI is InChI=1S/C26H28N2O4/c1-17(2)22-10-6-7-11-23(22)32-16-21(29)15-28-24(30)26(3,27-25(28)31)20-13-12-18-8-4-5-9-19(18)14-20/h4-14,17,21,29H,15-16H2,1-3H3,(H,27,31). The van der Waals surface area contributed by atoms with Crippen molar-refractivity contribution in [1.29, 1.82) is 0 Å². The van der Waals surface area contributed by atoms with Gasteiger partial charge in [-0.05, 0) is 46.9 Å². The topological polar surface area (TPSA) is 78.9 Å². The average molecular weight is 433 g/mol. The summed E-state index contributed by atoms with van der Waals surface area (Å²) in [5.74, 6) is 0.580. The van der Waals surface area contributed by atoms with Crippen LogP contribution in [0.5, 0.6) is 5.75 Å². The second kappa shape index (κ2) is 8.63. The lowest BCUT2D eigenvalue weighted by Gasteiger charge is -2.23. The number of nitrogens with one attached hydrogen (secondary N) is 1. The van der Waals surface area contributed by atoms with Crippen LogP contribution in [0.1, 0.15) is 37.8 Å². The molecule has 1 fully saturated rings. The number of nitrogens with zero attached hydrogens (tertiary/aromatic N) is 1. The number of para-hydroxylation sites is 1. The van der Waals surface area contributed by atoms with Crippen molar-refractivity contribution in [3.63, 3.8) is 0 Å². The second-order valence-corrected chi connectivity index (χ2v) is 8.69. The SMILES string of the molecule is CC(C)c1ccccc1OCC(O)CN1C(=O)NC(C)(c2ccc3ccccc3c2)C1=O. The molecule has 0 aromatic heterocycles. The van der Waals surface area contributed by atoms with Crippen LogP contribution in [0, 0.1) is 0 Å². The fraction of sp³-hybridized carbons (Fsp3) is 0.308. The first-order valence-corrected chi connectivity index (χ1v) is 10.8. The molecule has 0 radical (unpaired) electrons. The van der Waals surface area contributed by atoms with Gasteiger partial charge in [0.05, 0.1) is 6.54 Å². The van der Waals surface area contributed by atoms with Crippen LogP contribution in [0.2, 0.25) is 0 Å². The summed E-state index contributed by atoms with van der Waals surface area (Å²) in [7, 11) is 0. The van der Waals surface area contributed by atoms with Crippen molar-refractivity contribution in [3.05, 3.63) is 77.9 Å². The molecule has 0 spiro atoms. The number of β-amino-alcohol motifs (C(OH)–C–C–N with tert-alkyl or cyclic N) is 1. The van der Waals surface area contributed by atoms with Gasteiger partial charge in [0.1, 0.15) is 24.0 Å². The van der Waals surface area contributed by atoms with Gasteiger partial charge in [0.25, 0.3) is 5.91 Å². The van der Waals surface area contributed by atoms with Crippen LogP contribution >= 0.6 is 0 Å². The first-order valence-electron chi connectivity index (χ1n) is 10.8. The lowest BCUT2D eigenvalue weighted by Crippen LogP contribution is -2.42. The maximum Gasteiger partial charge on any atom is 0.325 e. The van der Waals surface area contributed by atoms with Gasteiger partial charge in [0.2, 0.25) is 0 Å². The lowest BCUT2D eigenvalue weighted by molar-refractivity contribution is -0.132. The molecule has 32 heavy (non-hydrogen) atoms. The molecule has 6 nitrogen and oxygen atoms in total. The van der Waals surface area contributed by atoms with E-state index in [0.717, 1.165) is 21.2 Å². The summed E-state index contributed by atoms with van der Waals surface area (Å²) in [4.78, 5) is 26.9. The second-order valence-electron chi connectivity index (χ2n) is 8.69. The number of ether oxygens (including phenoxy) is 1. The Morgan fingerprint density at radius 2 is 1.69 bits per heavy atom. The number of hydrogen-bond acceptors (Lipinski definition) is 4. The number of hydrogen-bond donors (Lipinski definition) is 2. The van der Waals surface area contributed by atoms with Crippen molar-refractivity contribution >= 4 is 22.7 Å². The smallest absolute Gasteiger partial charge is 0.325 e. The summed E-state index contributed by atoms with van der Waals surface area (Å²) in [5, 5.41) is 15.4. The van der Waals surface area contributed by atoms with Crippen LogP contribution < -0.4 is 10.1 Å². The van der Waals surface area contributed by atoms with Gasteiger partial charge in [-0.1, -0.05) is 68.4 Å². The molecular formula is C26H28N2O4. The number of carbonyl (C=O) groups excluding carboxylic acids is 2. The fourth-order valence-corrected chi connectivity index (χ4v) is 4.10. The van der Waals surface area contributed by atoms with E-state index in [4.69, 9.17) is 4.74 Å². The summed E-state index contributed by atoms with van der Waals surface area (Å²) >= 11 is 0. The molecule has 1 heterocycles. The number of amides is 3. The van der Waals surface area contributed by atoms with Gasteiger partial charge < -0.3 is 15.2 Å². The van der Waals surface area contributed by atoms with Gasteiger partial charge in [-0.2, -0.15) is 0 Å². The first-order chi connectivity index (χ1) is 15.3. The molecule has 0 aliphatic carbocycles. The fourth-order valence-electron chi connectivity index (χ4n) is 4.10. The zero-order valence-electron chi connectivity index (χ0n) is 18.5. The van der Waals surface area contributed by atoms with Gasteiger partial charge >= 0.3 is 6.03 Å². The number of benzene rings is 3. The average Bonchev–Trinajstić information content (AvgIpc) is 3.01. The molecule has 4 rings (SSSR count). The molecule has 3 amide bonds. The third-order valence-electron chi connectivity index (χ3n) is 5.97. The summed E-state index contributed by atoms with van der Waals surface area (Å²) in [5.41, 5.74) is 0.554. The van der Waals surface area contributed by atoms with E-state index in [-0.39, 0.29) is 25.0 Å². The number of rotatable bonds is 7. The third kappa shape index (κ3) is 4.06. The van der Waals surface area contributed by atoms with Crippen LogP contribution in [0.15, 0.2) is 66.7 Å². The molecule has 0 saturated carbocycles. The van der Waals surface area contributed by atoms with E-state index in [1.807, 2.05) is 66.7 Å². The highest BCUT2D eigenvalue weighted by atomic mass is 16.5. The van der Waals surface area contributed by atoms with Gasteiger partial charge in [-0.3, -0.25) is 9.69 Å². The summed E-state index contributed by atoms with van der Waals surface area (Å²) in [6.07, 6.45) is -1.01. The highest BCUT2D eigenvalue weighted by Crippen LogP contribution is 2.31. The molecule has 0 bridgehead atoms. The maximum atomic E-state index is 13.2. The minimum atomic E-state index is -1.19. The number of urea groups is 1. The van der Waals surface area contributed by atoms with Gasteiger partial charge in [0.15, 0.2) is 0 Å². The molecule has 3 aromatic rings. The molecule has 3 aromatic carbocycles. The Balaban J connectivity index is 1.46. The number of imide groups is 1. The van der Waals surface area contributed by atoms with Crippen molar-refractivity contribution in [2.24, 2.45) is 0 Å². The molecule has 1 aliphatic rings. The third-order valence-corrected chi connectivity index (χ3v) is 5.97. The largest absolute Gasteiger partial charge is 0.491 e. The Morgan fingerprint density at radius 3 is 2.44 bits per heavy atom. The van der Waals surface area contributed by atoms with Crippen molar-refractivity contribution in [1.82, 2.24) is 10.2 Å². The van der Waals surface area contributed by atoms with E-state index >= 15 is 0 Å². The molecular weight excluding hydrogens is 404 g/mol. The number of carbonyl (C=O) groups is 2. The Morgan fingerprint density at radius 1 is 1.00 bits per heavy atom. The zero-order chi connectivity index (χ0) is 22.9. The zero-order valence-corrected chi connectivity index (χ0v) is 18.5. The van der Waals surface area contributed by atoms with Crippen molar-refractivity contribution in [3.8, 4) is 5.75 Å².